The molecule has 9 heteroatoms. The minimum atomic E-state index is -0.250. The second-order valence-electron chi connectivity index (χ2n) is 6.01. The quantitative estimate of drug-likeness (QED) is 0.682. The highest BCUT2D eigenvalue weighted by Crippen LogP contribution is 2.21. The van der Waals surface area contributed by atoms with Crippen LogP contribution in [0.2, 0.25) is 0 Å². The first-order valence-corrected chi connectivity index (χ1v) is 8.02. The number of carboxylic acid groups (broad SMARTS) is 1. The molecule has 136 valence electrons. The Morgan fingerprint density at radius 2 is 2.12 bits per heavy atom. The largest absolute Gasteiger partial charge is 0.483 e. The summed E-state index contributed by atoms with van der Waals surface area (Å²) in [5.41, 5.74) is 0. The van der Waals surface area contributed by atoms with E-state index in [1.807, 2.05) is 33.0 Å². The molecular weight excluding hydrogens is 312 g/mol. The van der Waals surface area contributed by atoms with Gasteiger partial charge in [-0.3, -0.25) is 9.59 Å². The Morgan fingerprint density at radius 1 is 1.46 bits per heavy atom. The summed E-state index contributed by atoms with van der Waals surface area (Å²) >= 11 is 0. The standard InChI is InChI=1S/C14H26N6O.CH2O2/c1-11-16-14(19(4)17-11)15-8-7-12-5-6-13(21)20(12)10-9-18(2)3;2-1-3/h12H,5-10H2,1-4H3,(H,15,16,17);1H,(H,2,3). The Kier molecular flexibility index (Phi) is 8.17. The molecule has 24 heavy (non-hydrogen) atoms. The first-order valence-electron chi connectivity index (χ1n) is 8.02. The third-order valence-corrected chi connectivity index (χ3v) is 3.87. The Balaban J connectivity index is 0.000000891. The molecule has 0 aliphatic carbocycles. The lowest BCUT2D eigenvalue weighted by atomic mass is 10.1. The summed E-state index contributed by atoms with van der Waals surface area (Å²) in [7, 11) is 5.95. The average molecular weight is 340 g/mol. The molecule has 0 aromatic carbocycles. The second kappa shape index (κ2) is 9.86. The lowest BCUT2D eigenvalue weighted by Crippen LogP contribution is -2.39. The summed E-state index contributed by atoms with van der Waals surface area (Å²) in [6.07, 6.45) is 2.60. The number of carbonyl (C=O) groups is 2. The molecular formula is C15H28N6O3. The highest BCUT2D eigenvalue weighted by atomic mass is 16.3. The number of likely N-dealkylation sites (N-methyl/N-ethyl adjacent to an activating group) is 1. The Bertz CT molecular complexity index is 531. The number of hydrogen-bond acceptors (Lipinski definition) is 6. The fourth-order valence-electron chi connectivity index (χ4n) is 2.73. The van der Waals surface area contributed by atoms with Gasteiger partial charge in [-0.25, -0.2) is 4.68 Å². The van der Waals surface area contributed by atoms with Gasteiger partial charge in [0.05, 0.1) is 0 Å². The Morgan fingerprint density at radius 3 is 2.67 bits per heavy atom. The number of nitrogens with one attached hydrogen (secondary N) is 1. The first-order chi connectivity index (χ1) is 11.4. The highest BCUT2D eigenvalue weighted by molar-refractivity contribution is 5.78. The third kappa shape index (κ3) is 6.15. The lowest BCUT2D eigenvalue weighted by molar-refractivity contribution is -0.129. The van der Waals surface area contributed by atoms with Gasteiger partial charge in [0, 0.05) is 39.1 Å². The summed E-state index contributed by atoms with van der Waals surface area (Å²) < 4.78 is 1.75. The summed E-state index contributed by atoms with van der Waals surface area (Å²) in [5.74, 6) is 1.84. The van der Waals surface area contributed by atoms with Gasteiger partial charge in [-0.15, -0.1) is 0 Å². The van der Waals surface area contributed by atoms with Crippen LogP contribution in [0.5, 0.6) is 0 Å². The first kappa shape index (κ1) is 19.9. The number of amides is 1. The number of anilines is 1. The van der Waals surface area contributed by atoms with E-state index in [9.17, 15) is 4.79 Å². The van der Waals surface area contributed by atoms with E-state index in [4.69, 9.17) is 9.90 Å². The predicted octanol–water partition coefficient (Wildman–Crippen LogP) is 0.179. The number of rotatable bonds is 7. The van der Waals surface area contributed by atoms with Crippen LogP contribution in [-0.4, -0.2) is 81.8 Å². The fourth-order valence-corrected chi connectivity index (χ4v) is 2.73. The van der Waals surface area contributed by atoms with Crippen molar-refractivity contribution in [1.29, 1.82) is 0 Å². The third-order valence-electron chi connectivity index (χ3n) is 3.87. The average Bonchev–Trinajstić information content (AvgIpc) is 3.00. The van der Waals surface area contributed by atoms with E-state index in [2.05, 4.69) is 20.3 Å². The maximum Gasteiger partial charge on any atom is 0.290 e. The second-order valence-corrected chi connectivity index (χ2v) is 6.01. The van der Waals surface area contributed by atoms with Crippen molar-refractivity contribution in [2.75, 3.05) is 39.0 Å². The van der Waals surface area contributed by atoms with E-state index in [1.165, 1.54) is 0 Å². The van der Waals surface area contributed by atoms with Gasteiger partial charge < -0.3 is 20.2 Å². The van der Waals surface area contributed by atoms with Crippen LogP contribution in [0, 0.1) is 6.92 Å². The SMILES string of the molecule is Cc1nc(NCCC2CCC(=O)N2CCN(C)C)n(C)n1.O=CO. The van der Waals surface area contributed by atoms with Gasteiger partial charge in [0.2, 0.25) is 11.9 Å². The Hall–Kier alpha value is -2.16. The van der Waals surface area contributed by atoms with Gasteiger partial charge in [-0.05, 0) is 33.9 Å². The molecule has 1 aliphatic rings. The summed E-state index contributed by atoms with van der Waals surface area (Å²) in [6.45, 7) is 4.17. The van der Waals surface area contributed by atoms with E-state index in [-0.39, 0.29) is 12.4 Å². The van der Waals surface area contributed by atoms with Crippen LogP contribution in [-0.2, 0) is 16.6 Å². The number of carbonyl (C=O) groups excluding carboxylic acids is 1. The number of aromatic nitrogens is 3. The van der Waals surface area contributed by atoms with Crippen molar-refractivity contribution in [3.63, 3.8) is 0 Å². The summed E-state index contributed by atoms with van der Waals surface area (Å²) in [5, 5.41) is 14.4. The molecule has 2 N–H and O–H groups in total. The molecule has 0 radical (unpaired) electrons. The van der Waals surface area contributed by atoms with Gasteiger partial charge >= 0.3 is 0 Å². The zero-order valence-corrected chi connectivity index (χ0v) is 14.9. The van der Waals surface area contributed by atoms with E-state index in [0.717, 1.165) is 44.2 Å². The molecule has 1 aromatic rings. The zero-order valence-electron chi connectivity index (χ0n) is 14.9. The van der Waals surface area contributed by atoms with E-state index in [0.29, 0.717) is 12.5 Å². The molecule has 0 bridgehead atoms. The fraction of sp³-hybridized carbons (Fsp3) is 0.733. The van der Waals surface area contributed by atoms with E-state index < -0.39 is 0 Å². The minimum Gasteiger partial charge on any atom is -0.483 e. The van der Waals surface area contributed by atoms with Crippen molar-refractivity contribution in [2.45, 2.75) is 32.2 Å². The van der Waals surface area contributed by atoms with Crippen LogP contribution in [0.25, 0.3) is 0 Å². The van der Waals surface area contributed by atoms with Crippen molar-refractivity contribution in [2.24, 2.45) is 7.05 Å². The molecule has 1 atom stereocenters. The number of nitrogens with zero attached hydrogens (tertiary/aromatic N) is 5. The van der Waals surface area contributed by atoms with Crippen molar-refractivity contribution in [3.8, 4) is 0 Å². The van der Waals surface area contributed by atoms with Crippen LogP contribution in [0.3, 0.4) is 0 Å². The Labute approximate surface area is 142 Å². The number of likely N-dealkylation sites (tertiary alicyclic amines) is 1. The molecule has 1 amide bonds. The van der Waals surface area contributed by atoms with E-state index >= 15 is 0 Å². The number of aryl methyl sites for hydroxylation is 2. The topological polar surface area (TPSA) is 104 Å². The molecule has 1 unspecified atom stereocenters. The smallest absolute Gasteiger partial charge is 0.290 e. The summed E-state index contributed by atoms with van der Waals surface area (Å²) in [6, 6.07) is 0.347. The van der Waals surface area contributed by atoms with E-state index in [1.54, 1.807) is 4.68 Å². The van der Waals surface area contributed by atoms with Crippen LogP contribution < -0.4 is 5.32 Å². The number of hydrogen-bond donors (Lipinski definition) is 2. The summed E-state index contributed by atoms with van der Waals surface area (Å²) in [4.78, 5) is 28.8. The van der Waals surface area contributed by atoms with Crippen molar-refractivity contribution in [3.05, 3.63) is 5.82 Å². The maximum atomic E-state index is 11.9. The van der Waals surface area contributed by atoms with Crippen LogP contribution in [0.4, 0.5) is 5.95 Å². The molecule has 1 fully saturated rings. The van der Waals surface area contributed by atoms with Crippen LogP contribution in [0.1, 0.15) is 25.1 Å². The van der Waals surface area contributed by atoms with Crippen molar-refractivity contribution >= 4 is 18.3 Å². The minimum absolute atomic E-state index is 0.250. The normalized spacial score (nSPS) is 17.0. The van der Waals surface area contributed by atoms with Crippen molar-refractivity contribution < 1.29 is 14.7 Å². The maximum absolute atomic E-state index is 11.9. The van der Waals surface area contributed by atoms with Crippen molar-refractivity contribution in [1.82, 2.24) is 24.6 Å². The molecule has 1 aromatic heterocycles. The monoisotopic (exact) mass is 340 g/mol. The van der Waals surface area contributed by atoms with Gasteiger partial charge in [-0.1, -0.05) is 0 Å². The molecule has 2 heterocycles. The van der Waals surface area contributed by atoms with Crippen LogP contribution >= 0.6 is 0 Å². The predicted molar refractivity (Wildman–Crippen MR) is 90.8 cm³/mol. The molecule has 1 saturated heterocycles. The molecule has 0 saturated carbocycles. The van der Waals surface area contributed by atoms with Gasteiger partial charge in [0.1, 0.15) is 5.82 Å². The molecule has 1 aliphatic heterocycles. The van der Waals surface area contributed by atoms with Gasteiger partial charge in [-0.2, -0.15) is 10.1 Å². The van der Waals surface area contributed by atoms with Crippen LogP contribution in [0.15, 0.2) is 0 Å². The van der Waals surface area contributed by atoms with Gasteiger partial charge in [0.15, 0.2) is 0 Å². The zero-order chi connectivity index (χ0) is 18.1. The highest BCUT2D eigenvalue weighted by Gasteiger charge is 2.30. The molecule has 0 spiro atoms. The lowest BCUT2D eigenvalue weighted by Gasteiger charge is -2.26. The van der Waals surface area contributed by atoms with Gasteiger partial charge in [0.25, 0.3) is 6.47 Å². The molecule has 9 nitrogen and oxygen atoms in total. The molecule has 2 rings (SSSR count).